The standard InChI is InChI=1S/C23H14ClFN2O2/c24-16-7-8-19-18(11-16)21(15-4-2-1-3-5-15)22(23(29)27-19)20(28)9-6-14-10-17(25)13-26-12-14/h1-13,22H/b9-6+. The fraction of sp³-hybridized carbons (Fsp3) is 0.0435. The lowest BCUT2D eigenvalue weighted by atomic mass is 9.85. The van der Waals surface area contributed by atoms with Crippen LogP contribution in [0.2, 0.25) is 5.02 Å². The highest BCUT2D eigenvalue weighted by Gasteiger charge is 2.32. The lowest BCUT2D eigenvalue weighted by molar-refractivity contribution is -0.127. The largest absolute Gasteiger partial charge is 0.294 e. The number of fused-ring (bicyclic) bond motifs is 1. The average Bonchev–Trinajstić information content (AvgIpc) is 2.72. The van der Waals surface area contributed by atoms with Crippen molar-refractivity contribution in [3.05, 3.63) is 106 Å². The number of allylic oxidation sites excluding steroid dienone is 1. The van der Waals surface area contributed by atoms with E-state index >= 15 is 0 Å². The Hall–Kier alpha value is -3.44. The Kier molecular flexibility index (Phi) is 5.14. The van der Waals surface area contributed by atoms with Crippen LogP contribution in [-0.2, 0) is 9.59 Å². The number of carbonyl (C=O) groups excluding carboxylic acids is 2. The van der Waals surface area contributed by atoms with Crippen LogP contribution in [0.15, 0.2) is 78.1 Å². The Morgan fingerprint density at radius 1 is 1.07 bits per heavy atom. The number of hydrogen-bond acceptors (Lipinski definition) is 3. The van der Waals surface area contributed by atoms with E-state index < -0.39 is 23.4 Å². The minimum Gasteiger partial charge on any atom is -0.294 e. The second kappa shape index (κ2) is 7.89. The van der Waals surface area contributed by atoms with E-state index in [0.29, 0.717) is 26.7 Å². The van der Waals surface area contributed by atoms with Crippen molar-refractivity contribution in [2.24, 2.45) is 10.9 Å². The summed E-state index contributed by atoms with van der Waals surface area (Å²) in [6.45, 7) is 0. The van der Waals surface area contributed by atoms with Gasteiger partial charge in [0.05, 0.1) is 11.6 Å². The van der Waals surface area contributed by atoms with Gasteiger partial charge in [0.1, 0.15) is 11.7 Å². The number of rotatable bonds is 4. The number of ketones is 1. The Morgan fingerprint density at radius 2 is 1.86 bits per heavy atom. The molecule has 0 fully saturated rings. The van der Waals surface area contributed by atoms with E-state index in [1.54, 1.807) is 18.2 Å². The lowest BCUT2D eigenvalue weighted by Gasteiger charge is -2.19. The van der Waals surface area contributed by atoms with Crippen molar-refractivity contribution in [3.8, 4) is 0 Å². The quantitative estimate of drug-likeness (QED) is 0.496. The van der Waals surface area contributed by atoms with Crippen molar-refractivity contribution in [1.82, 2.24) is 4.98 Å². The summed E-state index contributed by atoms with van der Waals surface area (Å²) >= 11 is 6.17. The normalized spacial score (nSPS) is 15.9. The summed E-state index contributed by atoms with van der Waals surface area (Å²) in [7, 11) is 0. The fourth-order valence-electron chi connectivity index (χ4n) is 3.28. The molecule has 2 heterocycles. The molecule has 0 saturated carbocycles. The molecule has 1 atom stereocenters. The van der Waals surface area contributed by atoms with Gasteiger partial charge in [-0.25, -0.2) is 9.38 Å². The van der Waals surface area contributed by atoms with Crippen LogP contribution >= 0.6 is 11.6 Å². The molecule has 0 spiro atoms. The van der Waals surface area contributed by atoms with Gasteiger partial charge in [-0.05, 0) is 53.1 Å². The predicted molar refractivity (Wildman–Crippen MR) is 108 cm³/mol. The van der Waals surface area contributed by atoms with E-state index in [2.05, 4.69) is 9.98 Å². The maximum absolute atomic E-state index is 13.3. The molecule has 6 heteroatoms. The molecule has 1 amide bonds. The molecular formula is C23H14ClFN2O2. The van der Waals surface area contributed by atoms with Crippen molar-refractivity contribution < 1.29 is 14.0 Å². The van der Waals surface area contributed by atoms with Gasteiger partial charge in [-0.2, -0.15) is 0 Å². The van der Waals surface area contributed by atoms with Crippen LogP contribution in [0.3, 0.4) is 0 Å². The molecule has 0 bridgehead atoms. The maximum atomic E-state index is 13.3. The molecule has 4 rings (SSSR count). The van der Waals surface area contributed by atoms with Gasteiger partial charge in [0.25, 0.3) is 5.91 Å². The molecule has 0 aliphatic carbocycles. The minimum atomic E-state index is -1.11. The molecule has 2 aromatic carbocycles. The van der Waals surface area contributed by atoms with E-state index in [-0.39, 0.29) is 0 Å². The first-order valence-corrected chi connectivity index (χ1v) is 9.21. The van der Waals surface area contributed by atoms with Crippen molar-refractivity contribution in [3.63, 3.8) is 0 Å². The van der Waals surface area contributed by atoms with Crippen molar-refractivity contribution in [1.29, 1.82) is 0 Å². The highest BCUT2D eigenvalue weighted by Crippen LogP contribution is 2.25. The van der Waals surface area contributed by atoms with Crippen molar-refractivity contribution in [2.45, 2.75) is 0 Å². The van der Waals surface area contributed by atoms with Crippen LogP contribution in [0.25, 0.3) is 11.6 Å². The van der Waals surface area contributed by atoms with Gasteiger partial charge in [-0.3, -0.25) is 14.6 Å². The van der Waals surface area contributed by atoms with Crippen molar-refractivity contribution in [2.75, 3.05) is 0 Å². The van der Waals surface area contributed by atoms with Crippen LogP contribution in [0.4, 0.5) is 4.39 Å². The lowest BCUT2D eigenvalue weighted by Crippen LogP contribution is -2.40. The van der Waals surface area contributed by atoms with E-state index in [4.69, 9.17) is 11.6 Å². The monoisotopic (exact) mass is 404 g/mol. The SMILES string of the molecule is O=C(/C=C/c1cncc(F)c1)C1C(=O)N=c2ccc(Cl)cc2=C1c1ccccc1. The zero-order chi connectivity index (χ0) is 20.4. The Bertz CT molecular complexity index is 1270. The summed E-state index contributed by atoms with van der Waals surface area (Å²) in [5.74, 6) is -2.62. The first-order chi connectivity index (χ1) is 14.0. The molecule has 3 aromatic rings. The number of nitrogens with zero attached hydrogens (tertiary/aromatic N) is 2. The second-order valence-corrected chi connectivity index (χ2v) is 6.93. The summed E-state index contributed by atoms with van der Waals surface area (Å²) in [5, 5.41) is 1.59. The second-order valence-electron chi connectivity index (χ2n) is 6.50. The Morgan fingerprint density at radius 3 is 2.62 bits per heavy atom. The van der Waals surface area contributed by atoms with Crippen LogP contribution in [0, 0.1) is 11.7 Å². The minimum absolute atomic E-state index is 0.420. The molecule has 4 nitrogen and oxygen atoms in total. The Balaban J connectivity index is 1.85. The van der Waals surface area contributed by atoms with Gasteiger partial charge in [-0.15, -0.1) is 0 Å². The molecule has 142 valence electrons. The summed E-state index contributed by atoms with van der Waals surface area (Å²) in [6, 6.07) is 15.4. The smallest absolute Gasteiger partial charge is 0.261 e. The maximum Gasteiger partial charge on any atom is 0.261 e. The number of carbonyl (C=O) groups is 2. The van der Waals surface area contributed by atoms with Crippen LogP contribution in [-0.4, -0.2) is 16.7 Å². The number of pyridine rings is 1. The van der Waals surface area contributed by atoms with Gasteiger partial charge >= 0.3 is 0 Å². The third kappa shape index (κ3) is 3.91. The van der Waals surface area contributed by atoms with Gasteiger partial charge in [0.15, 0.2) is 5.78 Å². The van der Waals surface area contributed by atoms with Gasteiger partial charge in [0, 0.05) is 16.4 Å². The van der Waals surface area contributed by atoms with Gasteiger partial charge in [-0.1, -0.05) is 41.9 Å². The van der Waals surface area contributed by atoms with Gasteiger partial charge in [0.2, 0.25) is 0 Å². The third-order valence-corrected chi connectivity index (χ3v) is 4.79. The summed E-state index contributed by atoms with van der Waals surface area (Å²) < 4.78 is 13.3. The summed E-state index contributed by atoms with van der Waals surface area (Å²) in [5.41, 5.74) is 1.71. The topological polar surface area (TPSA) is 59.4 Å². The molecule has 1 aliphatic rings. The number of halogens is 2. The first-order valence-electron chi connectivity index (χ1n) is 8.83. The third-order valence-electron chi connectivity index (χ3n) is 4.55. The molecule has 0 N–H and O–H groups in total. The van der Waals surface area contributed by atoms with E-state index in [0.717, 1.165) is 11.8 Å². The van der Waals surface area contributed by atoms with E-state index in [1.807, 2.05) is 30.3 Å². The Labute approximate surface area is 170 Å². The number of aromatic nitrogens is 1. The molecule has 1 unspecified atom stereocenters. The predicted octanol–water partition coefficient (Wildman–Crippen LogP) is 3.13. The number of amides is 1. The molecule has 29 heavy (non-hydrogen) atoms. The summed E-state index contributed by atoms with van der Waals surface area (Å²) in [6.07, 6.45) is 5.19. The summed E-state index contributed by atoms with van der Waals surface area (Å²) in [4.78, 5) is 33.6. The number of hydrogen-bond donors (Lipinski definition) is 0. The van der Waals surface area contributed by atoms with E-state index in [9.17, 15) is 14.0 Å². The molecule has 1 aliphatic heterocycles. The molecular weight excluding hydrogens is 391 g/mol. The van der Waals surface area contributed by atoms with Crippen LogP contribution in [0.1, 0.15) is 11.1 Å². The number of benzene rings is 2. The highest BCUT2D eigenvalue weighted by atomic mass is 35.5. The van der Waals surface area contributed by atoms with E-state index in [1.165, 1.54) is 24.4 Å². The van der Waals surface area contributed by atoms with Gasteiger partial charge < -0.3 is 0 Å². The fourth-order valence-corrected chi connectivity index (χ4v) is 3.45. The highest BCUT2D eigenvalue weighted by molar-refractivity contribution is 6.30. The van der Waals surface area contributed by atoms with Crippen LogP contribution in [0.5, 0.6) is 0 Å². The van der Waals surface area contributed by atoms with Crippen molar-refractivity contribution >= 4 is 34.9 Å². The molecule has 0 saturated heterocycles. The molecule has 1 aromatic heterocycles. The molecule has 0 radical (unpaired) electrons. The average molecular weight is 405 g/mol. The zero-order valence-corrected chi connectivity index (χ0v) is 15.8. The van der Waals surface area contributed by atoms with Crippen LogP contribution < -0.4 is 10.6 Å². The first kappa shape index (κ1) is 18.9. The zero-order valence-electron chi connectivity index (χ0n) is 15.0.